The van der Waals surface area contributed by atoms with Crippen LogP contribution in [-0.4, -0.2) is 54.2 Å². The first-order valence-electron chi connectivity index (χ1n) is 7.90. The number of hydrogen-bond acceptors (Lipinski definition) is 5. The molecule has 120 valence electrons. The zero-order valence-electron chi connectivity index (χ0n) is 13.6. The Labute approximate surface area is 132 Å². The van der Waals surface area contributed by atoms with E-state index >= 15 is 0 Å². The van der Waals surface area contributed by atoms with Gasteiger partial charge in [-0.15, -0.1) is 0 Å². The summed E-state index contributed by atoms with van der Waals surface area (Å²) in [5.41, 5.74) is 0.878. The Balaban J connectivity index is 2.21. The first-order valence-corrected chi connectivity index (χ1v) is 7.90. The van der Waals surface area contributed by atoms with Crippen molar-refractivity contribution >= 4 is 0 Å². The summed E-state index contributed by atoms with van der Waals surface area (Å²) in [4.78, 5) is 4.57. The molecule has 0 amide bonds. The highest BCUT2D eigenvalue weighted by molar-refractivity contribution is 5.44. The minimum absolute atomic E-state index is 0.118. The predicted octanol–water partition coefficient (Wildman–Crippen LogP) is 2.38. The van der Waals surface area contributed by atoms with E-state index in [9.17, 15) is 10.4 Å². The van der Waals surface area contributed by atoms with E-state index in [0.29, 0.717) is 18.4 Å². The summed E-state index contributed by atoms with van der Waals surface area (Å²) in [5.74, 6) is 0.563. The zero-order valence-corrected chi connectivity index (χ0v) is 13.6. The Kier molecular flexibility index (Phi) is 5.64. The van der Waals surface area contributed by atoms with Crippen LogP contribution in [0.3, 0.4) is 0 Å². The number of benzene rings is 1. The van der Waals surface area contributed by atoms with Crippen molar-refractivity contribution in [1.29, 1.82) is 5.26 Å². The van der Waals surface area contributed by atoms with E-state index in [1.165, 1.54) is 0 Å². The van der Waals surface area contributed by atoms with E-state index in [1.54, 1.807) is 12.1 Å². The van der Waals surface area contributed by atoms with Crippen molar-refractivity contribution in [1.82, 2.24) is 9.80 Å². The predicted molar refractivity (Wildman–Crippen MR) is 85.9 cm³/mol. The molecule has 2 rings (SSSR count). The molecule has 2 unspecified atom stereocenters. The third-order valence-electron chi connectivity index (χ3n) is 4.37. The molecule has 1 saturated heterocycles. The summed E-state index contributed by atoms with van der Waals surface area (Å²) in [7, 11) is 2.14. The molecule has 1 fully saturated rings. The summed E-state index contributed by atoms with van der Waals surface area (Å²) >= 11 is 0. The second-order valence-corrected chi connectivity index (χ2v) is 5.73. The SMILES string of the molecule is CCOc1cc(C(C#N)N2CCN(C)C(CC)C2)ccc1O. The molecule has 0 spiro atoms. The summed E-state index contributed by atoms with van der Waals surface area (Å²) in [6, 6.07) is 7.79. The first kappa shape index (κ1) is 16.6. The standard InChI is InChI=1S/C17H25N3O2/c1-4-14-12-20(9-8-19(14)3)15(11-18)13-6-7-16(21)17(10-13)22-5-2/h6-7,10,14-15,21H,4-5,8-9,12H2,1-3H3. The van der Waals surface area contributed by atoms with Crippen LogP contribution in [0.4, 0.5) is 0 Å². The van der Waals surface area contributed by atoms with Gasteiger partial charge in [-0.2, -0.15) is 5.26 Å². The molecule has 1 aliphatic heterocycles. The van der Waals surface area contributed by atoms with E-state index in [4.69, 9.17) is 4.74 Å². The Bertz CT molecular complexity index is 541. The lowest BCUT2D eigenvalue weighted by Crippen LogP contribution is -2.51. The topological polar surface area (TPSA) is 59.7 Å². The van der Waals surface area contributed by atoms with Gasteiger partial charge < -0.3 is 14.7 Å². The molecular weight excluding hydrogens is 278 g/mol. The molecule has 0 aromatic heterocycles. The quantitative estimate of drug-likeness (QED) is 0.905. The second-order valence-electron chi connectivity index (χ2n) is 5.73. The largest absolute Gasteiger partial charge is 0.504 e. The Morgan fingerprint density at radius 1 is 1.41 bits per heavy atom. The van der Waals surface area contributed by atoms with Crippen LogP contribution in [0.25, 0.3) is 0 Å². The summed E-state index contributed by atoms with van der Waals surface area (Å²) in [6.45, 7) is 7.26. The Morgan fingerprint density at radius 2 is 2.18 bits per heavy atom. The van der Waals surface area contributed by atoms with Gasteiger partial charge in [0.25, 0.3) is 0 Å². The minimum atomic E-state index is -0.303. The second kappa shape index (κ2) is 7.48. The van der Waals surface area contributed by atoms with E-state index in [-0.39, 0.29) is 11.8 Å². The van der Waals surface area contributed by atoms with Gasteiger partial charge >= 0.3 is 0 Å². The zero-order chi connectivity index (χ0) is 16.1. The molecule has 0 saturated carbocycles. The van der Waals surface area contributed by atoms with Crippen LogP contribution < -0.4 is 4.74 Å². The number of phenolic OH excluding ortho intramolecular Hbond substituents is 1. The highest BCUT2D eigenvalue weighted by atomic mass is 16.5. The van der Waals surface area contributed by atoms with Crippen LogP contribution in [0.2, 0.25) is 0 Å². The minimum Gasteiger partial charge on any atom is -0.504 e. The van der Waals surface area contributed by atoms with Crippen LogP contribution in [0.1, 0.15) is 31.9 Å². The van der Waals surface area contributed by atoms with Gasteiger partial charge in [0.1, 0.15) is 6.04 Å². The molecule has 0 radical (unpaired) electrons. The lowest BCUT2D eigenvalue weighted by molar-refractivity contribution is 0.0772. The van der Waals surface area contributed by atoms with Gasteiger partial charge in [0, 0.05) is 25.7 Å². The monoisotopic (exact) mass is 303 g/mol. The fourth-order valence-corrected chi connectivity index (χ4v) is 2.98. The molecule has 1 aliphatic rings. The fraction of sp³-hybridized carbons (Fsp3) is 0.588. The third kappa shape index (κ3) is 3.52. The van der Waals surface area contributed by atoms with Crippen LogP contribution in [0, 0.1) is 11.3 Å². The van der Waals surface area contributed by atoms with Crippen molar-refractivity contribution in [3.8, 4) is 17.6 Å². The molecule has 1 heterocycles. The molecule has 1 aromatic carbocycles. The molecule has 2 atom stereocenters. The van der Waals surface area contributed by atoms with Gasteiger partial charge in [-0.05, 0) is 38.1 Å². The van der Waals surface area contributed by atoms with Crippen molar-refractivity contribution in [3.63, 3.8) is 0 Å². The third-order valence-corrected chi connectivity index (χ3v) is 4.37. The van der Waals surface area contributed by atoms with E-state index < -0.39 is 0 Å². The number of hydrogen-bond donors (Lipinski definition) is 1. The lowest BCUT2D eigenvalue weighted by atomic mass is 10.0. The maximum atomic E-state index is 9.82. The van der Waals surface area contributed by atoms with Crippen molar-refractivity contribution in [2.24, 2.45) is 0 Å². The average Bonchev–Trinajstić information content (AvgIpc) is 2.52. The van der Waals surface area contributed by atoms with Gasteiger partial charge in [-0.1, -0.05) is 13.0 Å². The van der Waals surface area contributed by atoms with E-state index in [0.717, 1.165) is 31.6 Å². The smallest absolute Gasteiger partial charge is 0.161 e. The van der Waals surface area contributed by atoms with Gasteiger partial charge in [0.05, 0.1) is 12.7 Å². The summed E-state index contributed by atoms with van der Waals surface area (Å²) in [6.07, 6.45) is 1.07. The Hall–Kier alpha value is -1.77. The lowest BCUT2D eigenvalue weighted by Gasteiger charge is -2.41. The molecule has 1 N–H and O–H groups in total. The number of phenols is 1. The molecular formula is C17H25N3O2. The van der Waals surface area contributed by atoms with Gasteiger partial charge in [-0.3, -0.25) is 4.90 Å². The van der Waals surface area contributed by atoms with E-state index in [1.807, 2.05) is 13.0 Å². The van der Waals surface area contributed by atoms with Gasteiger partial charge in [0.2, 0.25) is 0 Å². The molecule has 5 heteroatoms. The first-order chi connectivity index (χ1) is 10.6. The number of piperazine rings is 1. The van der Waals surface area contributed by atoms with Crippen molar-refractivity contribution < 1.29 is 9.84 Å². The van der Waals surface area contributed by atoms with Crippen LogP contribution >= 0.6 is 0 Å². The van der Waals surface area contributed by atoms with E-state index in [2.05, 4.69) is 29.8 Å². The number of likely N-dealkylation sites (N-methyl/N-ethyl adjacent to an activating group) is 1. The Morgan fingerprint density at radius 3 is 2.82 bits per heavy atom. The number of rotatable bonds is 5. The van der Waals surface area contributed by atoms with Gasteiger partial charge in [0.15, 0.2) is 11.5 Å². The van der Waals surface area contributed by atoms with Crippen LogP contribution in [-0.2, 0) is 0 Å². The fourth-order valence-electron chi connectivity index (χ4n) is 2.98. The van der Waals surface area contributed by atoms with Crippen molar-refractivity contribution in [2.45, 2.75) is 32.4 Å². The molecule has 0 aliphatic carbocycles. The highest BCUT2D eigenvalue weighted by Gasteiger charge is 2.29. The number of aromatic hydroxyl groups is 1. The van der Waals surface area contributed by atoms with Gasteiger partial charge in [-0.25, -0.2) is 0 Å². The van der Waals surface area contributed by atoms with Crippen molar-refractivity contribution in [3.05, 3.63) is 23.8 Å². The average molecular weight is 303 g/mol. The van der Waals surface area contributed by atoms with Crippen LogP contribution in [0.15, 0.2) is 18.2 Å². The highest BCUT2D eigenvalue weighted by Crippen LogP contribution is 2.32. The normalized spacial score (nSPS) is 21.3. The summed E-state index contributed by atoms with van der Waals surface area (Å²) < 4.78 is 5.43. The number of ether oxygens (including phenoxy) is 1. The maximum absolute atomic E-state index is 9.82. The molecule has 0 bridgehead atoms. The maximum Gasteiger partial charge on any atom is 0.161 e. The molecule has 1 aromatic rings. The van der Waals surface area contributed by atoms with Crippen molar-refractivity contribution in [2.75, 3.05) is 33.3 Å². The number of nitrogens with zero attached hydrogens (tertiary/aromatic N) is 3. The molecule has 5 nitrogen and oxygen atoms in total. The summed E-state index contributed by atoms with van der Waals surface area (Å²) in [5, 5.41) is 19.5. The molecule has 22 heavy (non-hydrogen) atoms. The van der Waals surface area contributed by atoms with Crippen LogP contribution in [0.5, 0.6) is 11.5 Å². The number of nitriles is 1.